The molecule has 0 aliphatic carbocycles. The molecule has 0 fully saturated rings. The van der Waals surface area contributed by atoms with Crippen LogP contribution in [0.2, 0.25) is 0 Å². The molecular weight excluding hydrogens is 256 g/mol. The summed E-state index contributed by atoms with van der Waals surface area (Å²) in [7, 11) is 0. The molecule has 0 bridgehead atoms. The van der Waals surface area contributed by atoms with E-state index in [1.165, 1.54) is 0 Å². The standard InChI is InChI=1S/C14H10N4O2/c1-9-11(8-15)12(17-19-9)7-13-16-14(18-20-13)10-5-3-2-4-6-10/h2-6H,7H2,1H3. The molecule has 0 radical (unpaired) electrons. The molecule has 0 aliphatic rings. The Labute approximate surface area is 114 Å². The van der Waals surface area contributed by atoms with Crippen LogP contribution >= 0.6 is 0 Å². The molecule has 6 nitrogen and oxygen atoms in total. The molecule has 20 heavy (non-hydrogen) atoms. The van der Waals surface area contributed by atoms with Crippen molar-refractivity contribution in [3.8, 4) is 17.5 Å². The van der Waals surface area contributed by atoms with Crippen molar-refractivity contribution >= 4 is 0 Å². The molecule has 0 atom stereocenters. The van der Waals surface area contributed by atoms with Crippen molar-refractivity contribution in [3.63, 3.8) is 0 Å². The lowest BCUT2D eigenvalue weighted by Crippen LogP contribution is -1.92. The lowest BCUT2D eigenvalue weighted by atomic mass is 10.1. The topological polar surface area (TPSA) is 88.7 Å². The molecule has 0 N–H and O–H groups in total. The summed E-state index contributed by atoms with van der Waals surface area (Å²) in [5.41, 5.74) is 1.80. The molecule has 98 valence electrons. The summed E-state index contributed by atoms with van der Waals surface area (Å²) >= 11 is 0. The minimum absolute atomic E-state index is 0.278. The van der Waals surface area contributed by atoms with E-state index < -0.39 is 0 Å². The molecular formula is C14H10N4O2. The van der Waals surface area contributed by atoms with Gasteiger partial charge in [0.25, 0.3) is 0 Å². The Balaban J connectivity index is 1.87. The summed E-state index contributed by atoms with van der Waals surface area (Å²) in [6, 6.07) is 11.6. The van der Waals surface area contributed by atoms with Gasteiger partial charge >= 0.3 is 0 Å². The van der Waals surface area contributed by atoms with Crippen molar-refractivity contribution in [1.82, 2.24) is 15.3 Å². The van der Waals surface area contributed by atoms with Crippen LogP contribution in [0, 0.1) is 18.3 Å². The van der Waals surface area contributed by atoms with Gasteiger partial charge in [0.1, 0.15) is 17.3 Å². The zero-order valence-electron chi connectivity index (χ0n) is 10.7. The Morgan fingerprint density at radius 2 is 1.95 bits per heavy atom. The van der Waals surface area contributed by atoms with Gasteiger partial charge in [-0.2, -0.15) is 10.2 Å². The Hall–Kier alpha value is -2.94. The van der Waals surface area contributed by atoms with E-state index in [1.807, 2.05) is 30.3 Å². The van der Waals surface area contributed by atoms with E-state index in [1.54, 1.807) is 6.92 Å². The normalized spacial score (nSPS) is 10.4. The third kappa shape index (κ3) is 2.17. The van der Waals surface area contributed by atoms with Gasteiger partial charge in [-0.1, -0.05) is 40.6 Å². The second-order valence-electron chi connectivity index (χ2n) is 4.23. The molecule has 0 spiro atoms. The third-order valence-electron chi connectivity index (χ3n) is 2.86. The molecule has 0 saturated heterocycles. The molecule has 2 heterocycles. The van der Waals surface area contributed by atoms with Gasteiger partial charge in [-0.15, -0.1) is 0 Å². The van der Waals surface area contributed by atoms with Gasteiger partial charge < -0.3 is 9.05 Å². The molecule has 1 aromatic carbocycles. The third-order valence-corrected chi connectivity index (χ3v) is 2.86. The van der Waals surface area contributed by atoms with Crippen molar-refractivity contribution in [1.29, 1.82) is 5.26 Å². The van der Waals surface area contributed by atoms with E-state index in [9.17, 15) is 0 Å². The van der Waals surface area contributed by atoms with E-state index in [-0.39, 0.29) is 6.42 Å². The van der Waals surface area contributed by atoms with Crippen molar-refractivity contribution in [3.05, 3.63) is 53.2 Å². The summed E-state index contributed by atoms with van der Waals surface area (Å²) in [5, 5.41) is 16.8. The zero-order chi connectivity index (χ0) is 13.9. The largest absolute Gasteiger partial charge is 0.360 e. The Kier molecular flexibility index (Phi) is 3.01. The van der Waals surface area contributed by atoms with Crippen molar-refractivity contribution < 1.29 is 9.05 Å². The minimum Gasteiger partial charge on any atom is -0.360 e. The van der Waals surface area contributed by atoms with Crippen LogP contribution < -0.4 is 0 Å². The van der Waals surface area contributed by atoms with Crippen molar-refractivity contribution in [2.45, 2.75) is 13.3 Å². The van der Waals surface area contributed by atoms with E-state index in [2.05, 4.69) is 21.4 Å². The van der Waals surface area contributed by atoms with Gasteiger partial charge in [0, 0.05) is 5.56 Å². The highest BCUT2D eigenvalue weighted by Crippen LogP contribution is 2.18. The van der Waals surface area contributed by atoms with Crippen LogP contribution in [0.1, 0.15) is 22.9 Å². The smallest absolute Gasteiger partial charge is 0.233 e. The molecule has 2 aromatic heterocycles. The average molecular weight is 266 g/mol. The van der Waals surface area contributed by atoms with Crippen LogP contribution in [0.5, 0.6) is 0 Å². The Morgan fingerprint density at radius 3 is 2.70 bits per heavy atom. The first-order chi connectivity index (χ1) is 9.78. The number of aryl methyl sites for hydroxylation is 1. The Morgan fingerprint density at radius 1 is 1.15 bits per heavy atom. The fourth-order valence-corrected chi connectivity index (χ4v) is 1.86. The summed E-state index contributed by atoms with van der Waals surface area (Å²) in [6.45, 7) is 1.69. The maximum Gasteiger partial charge on any atom is 0.233 e. The van der Waals surface area contributed by atoms with Crippen LogP contribution in [-0.4, -0.2) is 15.3 Å². The first-order valence-corrected chi connectivity index (χ1v) is 6.01. The maximum atomic E-state index is 9.03. The van der Waals surface area contributed by atoms with Crippen LogP contribution in [0.25, 0.3) is 11.4 Å². The number of aromatic nitrogens is 3. The number of nitrogens with zero attached hydrogens (tertiary/aromatic N) is 4. The van der Waals surface area contributed by atoms with Crippen LogP contribution in [0.4, 0.5) is 0 Å². The molecule has 6 heteroatoms. The highest BCUT2D eigenvalue weighted by molar-refractivity contribution is 5.53. The first kappa shape index (κ1) is 12.1. The quantitative estimate of drug-likeness (QED) is 0.723. The van der Waals surface area contributed by atoms with E-state index in [4.69, 9.17) is 14.3 Å². The highest BCUT2D eigenvalue weighted by Gasteiger charge is 2.16. The fraction of sp³-hybridized carbons (Fsp3) is 0.143. The number of hydrogen-bond acceptors (Lipinski definition) is 6. The Bertz CT molecular complexity index is 768. The maximum absolute atomic E-state index is 9.03. The summed E-state index contributed by atoms with van der Waals surface area (Å²) in [6.07, 6.45) is 0.278. The lowest BCUT2D eigenvalue weighted by molar-refractivity contribution is 0.371. The SMILES string of the molecule is Cc1onc(Cc2nc(-c3ccccc3)no2)c1C#N. The number of benzene rings is 1. The van der Waals surface area contributed by atoms with Gasteiger partial charge in [-0.3, -0.25) is 0 Å². The van der Waals surface area contributed by atoms with Crippen LogP contribution in [0.3, 0.4) is 0 Å². The molecule has 3 aromatic rings. The van der Waals surface area contributed by atoms with Crippen molar-refractivity contribution in [2.75, 3.05) is 0 Å². The van der Waals surface area contributed by atoms with E-state index in [0.717, 1.165) is 5.56 Å². The van der Waals surface area contributed by atoms with Gasteiger partial charge in [0.2, 0.25) is 11.7 Å². The highest BCUT2D eigenvalue weighted by atomic mass is 16.5. The van der Waals surface area contributed by atoms with Crippen LogP contribution in [0.15, 0.2) is 39.4 Å². The molecule has 0 unspecified atom stereocenters. The lowest BCUT2D eigenvalue weighted by Gasteiger charge is -1.91. The predicted octanol–water partition coefficient (Wildman–Crippen LogP) is 2.50. The fourth-order valence-electron chi connectivity index (χ4n) is 1.86. The molecule has 3 rings (SSSR count). The second-order valence-corrected chi connectivity index (χ2v) is 4.23. The summed E-state index contributed by atoms with van der Waals surface area (Å²) in [4.78, 5) is 4.29. The van der Waals surface area contributed by atoms with Gasteiger partial charge in [0.15, 0.2) is 5.76 Å². The summed E-state index contributed by atoms with van der Waals surface area (Å²) in [5.74, 6) is 1.40. The first-order valence-electron chi connectivity index (χ1n) is 6.01. The number of rotatable bonds is 3. The number of nitriles is 1. The van der Waals surface area contributed by atoms with Gasteiger partial charge in [0.05, 0.1) is 6.42 Å². The predicted molar refractivity (Wildman–Crippen MR) is 68.5 cm³/mol. The number of hydrogen-bond donors (Lipinski definition) is 0. The monoisotopic (exact) mass is 266 g/mol. The van der Waals surface area contributed by atoms with Crippen molar-refractivity contribution in [2.24, 2.45) is 0 Å². The average Bonchev–Trinajstić information content (AvgIpc) is 3.08. The van der Waals surface area contributed by atoms with E-state index >= 15 is 0 Å². The zero-order valence-corrected chi connectivity index (χ0v) is 10.7. The van der Waals surface area contributed by atoms with E-state index in [0.29, 0.717) is 28.7 Å². The second kappa shape index (κ2) is 4.97. The van der Waals surface area contributed by atoms with Gasteiger partial charge in [-0.05, 0) is 6.92 Å². The molecule has 0 amide bonds. The minimum atomic E-state index is 0.278. The van der Waals surface area contributed by atoms with Crippen LogP contribution in [-0.2, 0) is 6.42 Å². The molecule has 0 saturated carbocycles. The summed E-state index contributed by atoms with van der Waals surface area (Å²) < 4.78 is 10.2. The van der Waals surface area contributed by atoms with Gasteiger partial charge in [-0.25, -0.2) is 0 Å². The molecule has 0 aliphatic heterocycles.